The monoisotopic (exact) mass is 386 g/mol. The number of methoxy groups -OCH3 is 1. The standard InChI is InChI=1S/C19H18N2O7/c1-9(2)13(19(26)27-4)21-17(25)14(18(21)28-10(3)22)20-15(23)11-7-5-6-8-12(11)16(20)24/h5-8,13-14,18H,1H2,2-4H3. The number of rotatable bonds is 5. The molecule has 2 aliphatic heterocycles. The molecule has 3 atom stereocenters. The fourth-order valence-corrected chi connectivity index (χ4v) is 3.40. The predicted molar refractivity (Wildman–Crippen MR) is 93.7 cm³/mol. The molecule has 2 aliphatic rings. The van der Waals surface area contributed by atoms with E-state index in [9.17, 15) is 24.0 Å². The molecule has 0 N–H and O–H groups in total. The normalized spacial score (nSPS) is 21.8. The maximum atomic E-state index is 12.9. The van der Waals surface area contributed by atoms with Crippen LogP contribution < -0.4 is 0 Å². The molecule has 9 nitrogen and oxygen atoms in total. The second kappa shape index (κ2) is 6.91. The van der Waals surface area contributed by atoms with Gasteiger partial charge in [-0.3, -0.25) is 29.0 Å². The Balaban J connectivity index is 1.99. The van der Waals surface area contributed by atoms with E-state index in [0.717, 1.165) is 23.8 Å². The summed E-state index contributed by atoms with van der Waals surface area (Å²) in [6.45, 7) is 6.31. The molecular weight excluding hydrogens is 368 g/mol. The van der Waals surface area contributed by atoms with E-state index in [1.165, 1.54) is 19.1 Å². The number of hydrogen-bond donors (Lipinski definition) is 0. The minimum absolute atomic E-state index is 0.157. The molecule has 0 aromatic heterocycles. The van der Waals surface area contributed by atoms with Gasteiger partial charge in [0, 0.05) is 6.92 Å². The van der Waals surface area contributed by atoms with E-state index in [2.05, 4.69) is 6.58 Å². The van der Waals surface area contributed by atoms with E-state index in [1.807, 2.05) is 0 Å². The second-order valence-electron chi connectivity index (χ2n) is 6.49. The van der Waals surface area contributed by atoms with E-state index < -0.39 is 48.0 Å². The molecule has 2 heterocycles. The largest absolute Gasteiger partial charge is 0.467 e. The van der Waals surface area contributed by atoms with Crippen LogP contribution in [0.2, 0.25) is 0 Å². The van der Waals surface area contributed by atoms with E-state index in [0.29, 0.717) is 0 Å². The van der Waals surface area contributed by atoms with E-state index in [1.54, 1.807) is 12.1 Å². The minimum atomic E-state index is -1.37. The van der Waals surface area contributed by atoms with E-state index in [4.69, 9.17) is 9.47 Å². The van der Waals surface area contributed by atoms with Gasteiger partial charge in [-0.15, -0.1) is 0 Å². The van der Waals surface area contributed by atoms with Crippen molar-refractivity contribution in [1.29, 1.82) is 0 Å². The fourth-order valence-electron chi connectivity index (χ4n) is 3.40. The molecule has 1 saturated heterocycles. The lowest BCUT2D eigenvalue weighted by Crippen LogP contribution is -2.75. The van der Waals surface area contributed by atoms with Gasteiger partial charge in [-0.05, 0) is 24.6 Å². The van der Waals surface area contributed by atoms with Gasteiger partial charge in [0.05, 0.1) is 18.2 Å². The van der Waals surface area contributed by atoms with Crippen molar-refractivity contribution in [1.82, 2.24) is 9.80 Å². The van der Waals surface area contributed by atoms with Gasteiger partial charge in [0.25, 0.3) is 17.7 Å². The summed E-state index contributed by atoms with van der Waals surface area (Å²) in [5.74, 6) is -3.58. The summed E-state index contributed by atoms with van der Waals surface area (Å²) in [6, 6.07) is 3.56. The number of imide groups is 1. The first-order valence-electron chi connectivity index (χ1n) is 8.40. The van der Waals surface area contributed by atoms with Crippen molar-refractivity contribution in [3.63, 3.8) is 0 Å². The zero-order chi connectivity index (χ0) is 20.7. The van der Waals surface area contributed by atoms with Crippen molar-refractivity contribution in [2.24, 2.45) is 0 Å². The van der Waals surface area contributed by atoms with Crippen molar-refractivity contribution in [2.75, 3.05) is 7.11 Å². The van der Waals surface area contributed by atoms with Gasteiger partial charge >= 0.3 is 11.9 Å². The quantitative estimate of drug-likeness (QED) is 0.314. The van der Waals surface area contributed by atoms with Gasteiger partial charge in [-0.1, -0.05) is 18.7 Å². The van der Waals surface area contributed by atoms with Crippen LogP contribution in [0.15, 0.2) is 36.4 Å². The Morgan fingerprint density at radius 1 is 1.07 bits per heavy atom. The van der Waals surface area contributed by atoms with E-state index in [-0.39, 0.29) is 16.7 Å². The first kappa shape index (κ1) is 19.3. The third-order valence-corrected chi connectivity index (χ3v) is 4.61. The van der Waals surface area contributed by atoms with Crippen molar-refractivity contribution >= 4 is 29.7 Å². The minimum Gasteiger partial charge on any atom is -0.467 e. The van der Waals surface area contributed by atoms with Gasteiger partial charge in [0.2, 0.25) is 6.23 Å². The first-order chi connectivity index (χ1) is 13.2. The third kappa shape index (κ3) is 2.75. The highest BCUT2D eigenvalue weighted by molar-refractivity contribution is 6.23. The summed E-state index contributed by atoms with van der Waals surface area (Å²) >= 11 is 0. The second-order valence-corrected chi connectivity index (χ2v) is 6.49. The topological polar surface area (TPSA) is 110 Å². The molecule has 1 aromatic rings. The number of carbonyl (C=O) groups excluding carboxylic acids is 5. The summed E-state index contributed by atoms with van der Waals surface area (Å²) in [6.07, 6.45) is -1.33. The number of esters is 2. The summed E-state index contributed by atoms with van der Waals surface area (Å²) < 4.78 is 9.89. The molecule has 0 aliphatic carbocycles. The highest BCUT2D eigenvalue weighted by atomic mass is 16.6. The summed E-state index contributed by atoms with van der Waals surface area (Å²) in [5, 5.41) is 0. The molecule has 0 radical (unpaired) electrons. The zero-order valence-electron chi connectivity index (χ0n) is 15.5. The zero-order valence-corrected chi connectivity index (χ0v) is 15.5. The van der Waals surface area contributed by atoms with Gasteiger partial charge < -0.3 is 9.47 Å². The van der Waals surface area contributed by atoms with Gasteiger partial charge in [-0.25, -0.2) is 4.79 Å². The van der Waals surface area contributed by atoms with Crippen LogP contribution in [0.25, 0.3) is 0 Å². The van der Waals surface area contributed by atoms with Crippen molar-refractivity contribution < 1.29 is 33.4 Å². The fraction of sp³-hybridized carbons (Fsp3) is 0.316. The number of fused-ring (bicyclic) bond motifs is 1. The highest BCUT2D eigenvalue weighted by Gasteiger charge is 2.61. The summed E-state index contributed by atoms with van der Waals surface area (Å²) in [5.41, 5.74) is 0.590. The van der Waals surface area contributed by atoms with Crippen molar-refractivity contribution in [3.8, 4) is 0 Å². The molecular formula is C19H18N2O7. The van der Waals surface area contributed by atoms with Crippen molar-refractivity contribution in [2.45, 2.75) is 32.2 Å². The van der Waals surface area contributed by atoms with Crippen LogP contribution in [0.1, 0.15) is 34.6 Å². The number of hydrogen-bond acceptors (Lipinski definition) is 7. The molecule has 0 spiro atoms. The average molecular weight is 386 g/mol. The van der Waals surface area contributed by atoms with Crippen LogP contribution in [0.5, 0.6) is 0 Å². The number of amides is 3. The number of ether oxygens (including phenoxy) is 2. The summed E-state index contributed by atoms with van der Waals surface area (Å²) in [4.78, 5) is 63.7. The molecule has 146 valence electrons. The molecule has 28 heavy (non-hydrogen) atoms. The molecule has 3 rings (SSSR count). The predicted octanol–water partition coefficient (Wildman–Crippen LogP) is 0.500. The Morgan fingerprint density at radius 3 is 2.04 bits per heavy atom. The van der Waals surface area contributed by atoms with Crippen LogP contribution in [0.3, 0.4) is 0 Å². The maximum Gasteiger partial charge on any atom is 0.333 e. The van der Waals surface area contributed by atoms with E-state index >= 15 is 0 Å². The number of carbonyl (C=O) groups is 5. The molecule has 3 unspecified atom stereocenters. The molecule has 9 heteroatoms. The lowest BCUT2D eigenvalue weighted by molar-refractivity contribution is -0.203. The van der Waals surface area contributed by atoms with Gasteiger partial charge in [-0.2, -0.15) is 0 Å². The Bertz CT molecular complexity index is 888. The van der Waals surface area contributed by atoms with Crippen LogP contribution >= 0.6 is 0 Å². The Kier molecular flexibility index (Phi) is 4.76. The molecule has 0 bridgehead atoms. The van der Waals surface area contributed by atoms with Crippen LogP contribution in [0.4, 0.5) is 0 Å². The van der Waals surface area contributed by atoms with Crippen LogP contribution in [-0.2, 0) is 23.9 Å². The number of benzene rings is 1. The molecule has 1 aromatic carbocycles. The van der Waals surface area contributed by atoms with Gasteiger partial charge in [0.1, 0.15) is 0 Å². The Labute approximate surface area is 160 Å². The average Bonchev–Trinajstić information content (AvgIpc) is 2.90. The lowest BCUT2D eigenvalue weighted by atomic mass is 9.96. The number of likely N-dealkylation sites (tertiary alicyclic amines) is 1. The molecule has 3 amide bonds. The third-order valence-electron chi connectivity index (χ3n) is 4.61. The SMILES string of the molecule is C=C(C)C(C(=O)OC)N1C(=O)C(N2C(=O)c3ccccc3C2=O)C1OC(C)=O. The molecule has 1 fully saturated rings. The molecule has 0 saturated carbocycles. The highest BCUT2D eigenvalue weighted by Crippen LogP contribution is 2.36. The Morgan fingerprint density at radius 2 is 1.61 bits per heavy atom. The van der Waals surface area contributed by atoms with Crippen molar-refractivity contribution in [3.05, 3.63) is 47.5 Å². The number of nitrogens with zero attached hydrogens (tertiary/aromatic N) is 2. The van der Waals surface area contributed by atoms with Crippen LogP contribution in [-0.4, -0.2) is 64.9 Å². The number of β-lactam (4-membered cyclic amide) rings is 1. The maximum absolute atomic E-state index is 12.9. The van der Waals surface area contributed by atoms with Gasteiger partial charge in [0.15, 0.2) is 12.1 Å². The summed E-state index contributed by atoms with van der Waals surface area (Å²) in [7, 11) is 1.14. The smallest absolute Gasteiger partial charge is 0.333 e. The Hall–Kier alpha value is -3.49. The lowest BCUT2D eigenvalue weighted by Gasteiger charge is -2.50. The van der Waals surface area contributed by atoms with Crippen LogP contribution in [0, 0.1) is 0 Å². The first-order valence-corrected chi connectivity index (χ1v) is 8.40.